The molecule has 2 aromatic rings. The van der Waals surface area contributed by atoms with Gasteiger partial charge in [-0.05, 0) is 79.3 Å². The summed E-state index contributed by atoms with van der Waals surface area (Å²) in [5.74, 6) is 0. The van der Waals surface area contributed by atoms with Crippen LogP contribution in [0.5, 0.6) is 0 Å². The van der Waals surface area contributed by atoms with Gasteiger partial charge in [-0.25, -0.2) is 0 Å². The predicted molar refractivity (Wildman–Crippen MR) is 109 cm³/mol. The molecule has 0 bridgehead atoms. The molecule has 0 heterocycles. The maximum atomic E-state index is 2.27. The van der Waals surface area contributed by atoms with Crippen LogP contribution in [0.4, 0.5) is 0 Å². The highest BCUT2D eigenvalue weighted by atomic mass is 14.1. The van der Waals surface area contributed by atoms with E-state index in [1.54, 1.807) is 0 Å². The zero-order valence-electron chi connectivity index (χ0n) is 15.1. The third-order valence-electron chi connectivity index (χ3n) is 4.02. The lowest BCUT2D eigenvalue weighted by atomic mass is 9.93. The third-order valence-corrected chi connectivity index (χ3v) is 4.02. The molecule has 0 unspecified atom stereocenters. The van der Waals surface area contributed by atoms with Gasteiger partial charge in [-0.3, -0.25) is 0 Å². The molecule has 0 aromatic heterocycles. The first-order chi connectivity index (χ1) is 11.7. The van der Waals surface area contributed by atoms with Crippen LogP contribution in [0.3, 0.4) is 0 Å². The maximum Gasteiger partial charge on any atom is -0.0172 e. The second kappa shape index (κ2) is 8.88. The van der Waals surface area contributed by atoms with Crippen LogP contribution in [0, 0.1) is 0 Å². The molecule has 0 heteroatoms. The Morgan fingerprint density at radius 2 is 1.50 bits per heavy atom. The zero-order chi connectivity index (χ0) is 17.4. The lowest BCUT2D eigenvalue weighted by Gasteiger charge is -2.12. The molecule has 0 aliphatic heterocycles. The summed E-state index contributed by atoms with van der Waals surface area (Å²) in [4.78, 5) is 0. The normalized spacial score (nSPS) is 13.2. The molecule has 0 radical (unpaired) electrons. The van der Waals surface area contributed by atoms with Crippen molar-refractivity contribution in [1.29, 1.82) is 0 Å². The third kappa shape index (κ3) is 4.45. The predicted octanol–water partition coefficient (Wildman–Crippen LogP) is 7.31. The number of benzene rings is 2. The molecule has 0 amide bonds. The fourth-order valence-electron chi connectivity index (χ4n) is 2.69. The highest BCUT2D eigenvalue weighted by molar-refractivity contribution is 5.82. The molecule has 0 saturated heterocycles. The summed E-state index contributed by atoms with van der Waals surface area (Å²) in [7, 11) is 0. The van der Waals surface area contributed by atoms with Gasteiger partial charge in [0.2, 0.25) is 0 Å². The zero-order valence-corrected chi connectivity index (χ0v) is 15.1. The fourth-order valence-corrected chi connectivity index (χ4v) is 2.69. The molecule has 2 rings (SSSR count). The molecule has 24 heavy (non-hydrogen) atoms. The second-order valence-electron chi connectivity index (χ2n) is 5.78. The van der Waals surface area contributed by atoms with Crippen LogP contribution >= 0.6 is 0 Å². The van der Waals surface area contributed by atoms with Crippen molar-refractivity contribution in [3.63, 3.8) is 0 Å². The average molecular weight is 314 g/mol. The summed E-state index contributed by atoms with van der Waals surface area (Å²) in [5, 5.41) is 0. The Bertz CT molecular complexity index is 784. The average Bonchev–Trinajstić information content (AvgIpc) is 2.64. The van der Waals surface area contributed by atoms with Gasteiger partial charge in [-0.1, -0.05) is 66.8 Å². The maximum absolute atomic E-state index is 2.27. The topological polar surface area (TPSA) is 0 Å². The summed E-state index contributed by atoms with van der Waals surface area (Å²) in [6.45, 7) is 8.35. The van der Waals surface area contributed by atoms with E-state index in [9.17, 15) is 0 Å². The second-order valence-corrected chi connectivity index (χ2v) is 5.78. The van der Waals surface area contributed by atoms with Crippen molar-refractivity contribution in [1.82, 2.24) is 0 Å². The van der Waals surface area contributed by atoms with Gasteiger partial charge in [0.1, 0.15) is 0 Å². The van der Waals surface area contributed by atoms with Crippen LogP contribution in [-0.4, -0.2) is 0 Å². The number of allylic oxidation sites excluding steroid dienone is 8. The van der Waals surface area contributed by atoms with Gasteiger partial charge in [-0.2, -0.15) is 0 Å². The van der Waals surface area contributed by atoms with E-state index in [0.717, 1.165) is 0 Å². The molecular formula is C24H26. The van der Waals surface area contributed by atoms with Gasteiger partial charge >= 0.3 is 0 Å². The van der Waals surface area contributed by atoms with E-state index in [4.69, 9.17) is 0 Å². The Morgan fingerprint density at radius 1 is 0.792 bits per heavy atom. The van der Waals surface area contributed by atoms with E-state index >= 15 is 0 Å². The van der Waals surface area contributed by atoms with Gasteiger partial charge in [0.05, 0.1) is 0 Å². The van der Waals surface area contributed by atoms with Crippen LogP contribution in [0.1, 0.15) is 38.8 Å². The fraction of sp³-hybridized carbons (Fsp3) is 0.167. The molecule has 0 spiro atoms. The van der Waals surface area contributed by atoms with E-state index in [1.165, 1.54) is 33.4 Å². The molecule has 0 nitrogen and oxygen atoms in total. The van der Waals surface area contributed by atoms with Crippen LogP contribution in [0.15, 0.2) is 85.0 Å². The first-order valence-electron chi connectivity index (χ1n) is 8.49. The van der Waals surface area contributed by atoms with E-state index in [2.05, 4.69) is 106 Å². The van der Waals surface area contributed by atoms with Gasteiger partial charge in [0.25, 0.3) is 0 Å². The lowest BCUT2D eigenvalue weighted by molar-refractivity contribution is 1.50. The summed E-state index contributed by atoms with van der Waals surface area (Å²) in [6, 6.07) is 17.4. The number of hydrogen-bond acceptors (Lipinski definition) is 0. The molecule has 2 aromatic carbocycles. The van der Waals surface area contributed by atoms with Crippen LogP contribution < -0.4 is 0 Å². The Morgan fingerprint density at radius 3 is 2.12 bits per heavy atom. The molecule has 122 valence electrons. The van der Waals surface area contributed by atoms with Gasteiger partial charge in [0.15, 0.2) is 0 Å². The first-order valence-corrected chi connectivity index (χ1v) is 8.49. The summed E-state index contributed by atoms with van der Waals surface area (Å²) < 4.78 is 0. The van der Waals surface area contributed by atoms with E-state index in [-0.39, 0.29) is 0 Å². The Balaban J connectivity index is 2.64. The molecule has 0 atom stereocenters. The molecular weight excluding hydrogens is 288 g/mol. The van der Waals surface area contributed by atoms with Crippen LogP contribution in [-0.2, 0) is 0 Å². The lowest BCUT2D eigenvalue weighted by Crippen LogP contribution is -1.89. The molecule has 0 fully saturated rings. The van der Waals surface area contributed by atoms with Crippen molar-refractivity contribution in [2.45, 2.75) is 27.7 Å². The standard InChI is InChI=1S/C24H26/c1-5-8-13-19(4)22-16-23(20(7-3)12-6-2)18-24(17-22)21-14-10-9-11-15-21/h5-18H,1-4H3/b8-5-,12-6-,19-13+,20-7+. The smallest absolute Gasteiger partial charge is 0.0172 e. The number of hydrogen-bond donors (Lipinski definition) is 0. The van der Waals surface area contributed by atoms with Crippen molar-refractivity contribution in [3.8, 4) is 11.1 Å². The first kappa shape index (κ1) is 17.7. The molecule has 0 aliphatic carbocycles. The van der Waals surface area contributed by atoms with Gasteiger partial charge in [0, 0.05) is 0 Å². The molecule has 0 saturated carbocycles. The minimum atomic E-state index is 1.25. The monoisotopic (exact) mass is 314 g/mol. The highest BCUT2D eigenvalue weighted by Crippen LogP contribution is 2.29. The van der Waals surface area contributed by atoms with E-state index in [0.29, 0.717) is 0 Å². The summed E-state index contributed by atoms with van der Waals surface area (Å²) in [6.07, 6.45) is 12.7. The minimum absolute atomic E-state index is 1.25. The summed E-state index contributed by atoms with van der Waals surface area (Å²) >= 11 is 0. The Hall–Kier alpha value is -2.60. The quantitative estimate of drug-likeness (QED) is 0.507. The number of rotatable bonds is 5. The van der Waals surface area contributed by atoms with Gasteiger partial charge < -0.3 is 0 Å². The van der Waals surface area contributed by atoms with Crippen molar-refractivity contribution in [3.05, 3.63) is 96.1 Å². The van der Waals surface area contributed by atoms with Gasteiger partial charge in [-0.15, -0.1) is 0 Å². The van der Waals surface area contributed by atoms with Crippen LogP contribution in [0.25, 0.3) is 22.3 Å². The van der Waals surface area contributed by atoms with E-state index < -0.39 is 0 Å². The van der Waals surface area contributed by atoms with Crippen molar-refractivity contribution in [2.24, 2.45) is 0 Å². The Kier molecular flexibility index (Phi) is 6.57. The van der Waals surface area contributed by atoms with Crippen molar-refractivity contribution >= 4 is 11.1 Å². The molecule has 0 N–H and O–H groups in total. The molecule has 0 aliphatic rings. The van der Waals surface area contributed by atoms with Crippen LogP contribution in [0.2, 0.25) is 0 Å². The van der Waals surface area contributed by atoms with E-state index in [1.807, 2.05) is 6.92 Å². The Labute approximate surface area is 146 Å². The summed E-state index contributed by atoms with van der Waals surface area (Å²) in [5.41, 5.74) is 7.52. The SMILES string of the molecule is C/C=C\C=C(/C)c1cc(C(/C=C\C)=C/C)cc(-c2ccccc2)c1. The highest BCUT2D eigenvalue weighted by Gasteiger charge is 2.06. The minimum Gasteiger partial charge on any atom is -0.0877 e. The largest absolute Gasteiger partial charge is 0.0877 e. The van der Waals surface area contributed by atoms with Crippen molar-refractivity contribution in [2.75, 3.05) is 0 Å². The van der Waals surface area contributed by atoms with Crippen molar-refractivity contribution < 1.29 is 0 Å².